The molecule has 1 saturated heterocycles. The SMILES string of the molecule is OC(c1sccc1Cl)C1(c2ccccc2)CCOCC1. The van der Waals surface area contributed by atoms with Crippen LogP contribution in [0.1, 0.15) is 29.4 Å². The molecule has 1 unspecified atom stereocenters. The molecule has 1 N–H and O–H groups in total. The molecule has 0 saturated carbocycles. The van der Waals surface area contributed by atoms with Gasteiger partial charge in [-0.05, 0) is 29.9 Å². The van der Waals surface area contributed by atoms with Crippen molar-refractivity contribution < 1.29 is 9.84 Å². The zero-order chi connectivity index (χ0) is 14.0. The standard InChI is InChI=1S/C16H17ClO2S/c17-13-6-11-20-14(13)15(18)16(7-9-19-10-8-16)12-4-2-1-3-5-12/h1-6,11,15,18H,7-10H2. The maximum Gasteiger partial charge on any atom is 0.0994 e. The molecule has 1 aliphatic rings. The summed E-state index contributed by atoms with van der Waals surface area (Å²) in [6, 6.07) is 12.1. The molecule has 1 aromatic heterocycles. The summed E-state index contributed by atoms with van der Waals surface area (Å²) < 4.78 is 5.50. The second-order valence-corrected chi connectivity index (χ2v) is 6.52. The summed E-state index contributed by atoms with van der Waals surface area (Å²) in [6.07, 6.45) is 1.04. The summed E-state index contributed by atoms with van der Waals surface area (Å²) >= 11 is 7.74. The van der Waals surface area contributed by atoms with Crippen LogP contribution in [-0.4, -0.2) is 18.3 Å². The molecule has 2 nitrogen and oxygen atoms in total. The Morgan fingerprint density at radius 1 is 1.15 bits per heavy atom. The van der Waals surface area contributed by atoms with Crippen molar-refractivity contribution in [2.45, 2.75) is 24.4 Å². The lowest BCUT2D eigenvalue weighted by molar-refractivity contribution is -0.0156. The van der Waals surface area contributed by atoms with Gasteiger partial charge in [-0.25, -0.2) is 0 Å². The number of ether oxygens (including phenoxy) is 1. The molecular formula is C16H17ClO2S. The van der Waals surface area contributed by atoms with E-state index >= 15 is 0 Å². The molecule has 0 amide bonds. The van der Waals surface area contributed by atoms with Gasteiger partial charge >= 0.3 is 0 Å². The summed E-state index contributed by atoms with van der Waals surface area (Å²) in [5.74, 6) is 0. The average molecular weight is 309 g/mol. The van der Waals surface area contributed by atoms with Gasteiger partial charge in [0.15, 0.2) is 0 Å². The molecule has 1 fully saturated rings. The van der Waals surface area contributed by atoms with Gasteiger partial charge in [0.05, 0.1) is 16.0 Å². The van der Waals surface area contributed by atoms with Crippen LogP contribution >= 0.6 is 22.9 Å². The minimum atomic E-state index is -0.582. The zero-order valence-corrected chi connectivity index (χ0v) is 12.7. The van der Waals surface area contributed by atoms with E-state index in [1.54, 1.807) is 0 Å². The summed E-state index contributed by atoms with van der Waals surface area (Å²) in [4.78, 5) is 0.859. The first-order valence-electron chi connectivity index (χ1n) is 6.78. The largest absolute Gasteiger partial charge is 0.387 e. The Hall–Kier alpha value is -0.870. The first-order valence-corrected chi connectivity index (χ1v) is 8.04. The van der Waals surface area contributed by atoms with E-state index in [-0.39, 0.29) is 5.41 Å². The molecule has 4 heteroatoms. The Morgan fingerprint density at radius 3 is 2.45 bits per heavy atom. The van der Waals surface area contributed by atoms with Crippen molar-refractivity contribution in [2.24, 2.45) is 0 Å². The molecule has 0 bridgehead atoms. The lowest BCUT2D eigenvalue weighted by Crippen LogP contribution is -2.39. The fourth-order valence-corrected chi connectivity index (χ4v) is 4.24. The van der Waals surface area contributed by atoms with Crippen molar-refractivity contribution >= 4 is 22.9 Å². The summed E-state index contributed by atoms with van der Waals surface area (Å²) in [7, 11) is 0. The van der Waals surface area contributed by atoms with Crippen molar-refractivity contribution in [3.63, 3.8) is 0 Å². The second-order valence-electron chi connectivity index (χ2n) is 5.17. The zero-order valence-electron chi connectivity index (χ0n) is 11.1. The number of halogens is 1. The van der Waals surface area contributed by atoms with E-state index in [0.717, 1.165) is 17.7 Å². The highest BCUT2D eigenvalue weighted by atomic mass is 35.5. The highest BCUT2D eigenvalue weighted by Crippen LogP contribution is 2.47. The van der Waals surface area contributed by atoms with Gasteiger partial charge < -0.3 is 9.84 Å². The maximum atomic E-state index is 11.0. The minimum absolute atomic E-state index is 0.298. The van der Waals surface area contributed by atoms with Crippen LogP contribution in [0.5, 0.6) is 0 Å². The van der Waals surface area contributed by atoms with Crippen LogP contribution in [0, 0.1) is 0 Å². The van der Waals surface area contributed by atoms with E-state index in [1.807, 2.05) is 29.6 Å². The molecular weight excluding hydrogens is 292 g/mol. The van der Waals surface area contributed by atoms with Crippen molar-refractivity contribution in [1.82, 2.24) is 0 Å². The lowest BCUT2D eigenvalue weighted by atomic mass is 9.69. The van der Waals surface area contributed by atoms with Gasteiger partial charge in [-0.2, -0.15) is 0 Å². The van der Waals surface area contributed by atoms with Crippen molar-refractivity contribution in [3.8, 4) is 0 Å². The van der Waals surface area contributed by atoms with E-state index in [9.17, 15) is 5.11 Å². The van der Waals surface area contributed by atoms with Gasteiger partial charge in [0, 0.05) is 18.6 Å². The van der Waals surface area contributed by atoms with Crippen LogP contribution < -0.4 is 0 Å². The van der Waals surface area contributed by atoms with E-state index in [0.29, 0.717) is 18.2 Å². The lowest BCUT2D eigenvalue weighted by Gasteiger charge is -2.41. The van der Waals surface area contributed by atoms with Crippen LogP contribution in [0.25, 0.3) is 0 Å². The van der Waals surface area contributed by atoms with E-state index < -0.39 is 6.10 Å². The van der Waals surface area contributed by atoms with Crippen molar-refractivity contribution in [3.05, 3.63) is 57.2 Å². The van der Waals surface area contributed by atoms with Crippen molar-refractivity contribution in [1.29, 1.82) is 0 Å². The number of rotatable bonds is 3. The molecule has 0 radical (unpaired) electrons. The van der Waals surface area contributed by atoms with Gasteiger partial charge in [0.25, 0.3) is 0 Å². The number of hydrogen-bond acceptors (Lipinski definition) is 3. The molecule has 0 spiro atoms. The molecule has 1 atom stereocenters. The van der Waals surface area contributed by atoms with E-state index in [1.165, 1.54) is 16.9 Å². The molecule has 0 aliphatic carbocycles. The fourth-order valence-electron chi connectivity index (χ4n) is 2.98. The summed E-state index contributed by atoms with van der Waals surface area (Å²) in [6.45, 7) is 1.35. The van der Waals surface area contributed by atoms with Gasteiger partial charge in [0.1, 0.15) is 0 Å². The Kier molecular flexibility index (Phi) is 4.13. The maximum absolute atomic E-state index is 11.0. The van der Waals surface area contributed by atoms with Crippen LogP contribution in [-0.2, 0) is 10.2 Å². The molecule has 20 heavy (non-hydrogen) atoms. The van der Waals surface area contributed by atoms with E-state index in [2.05, 4.69) is 12.1 Å². The Balaban J connectivity index is 2.04. The van der Waals surface area contributed by atoms with Crippen LogP contribution in [0.2, 0.25) is 5.02 Å². The Morgan fingerprint density at radius 2 is 1.85 bits per heavy atom. The molecule has 3 rings (SSSR count). The summed E-state index contributed by atoms with van der Waals surface area (Å²) in [5, 5.41) is 13.6. The predicted octanol–water partition coefficient (Wildman–Crippen LogP) is 4.18. The number of thiophene rings is 1. The molecule has 1 aromatic carbocycles. The van der Waals surface area contributed by atoms with Crippen LogP contribution in [0.3, 0.4) is 0 Å². The third kappa shape index (κ3) is 2.40. The van der Waals surface area contributed by atoms with Gasteiger partial charge in [0.2, 0.25) is 0 Å². The first kappa shape index (κ1) is 14.1. The van der Waals surface area contributed by atoms with Gasteiger partial charge in [-0.1, -0.05) is 41.9 Å². The number of aliphatic hydroxyl groups excluding tert-OH is 1. The number of hydrogen-bond donors (Lipinski definition) is 1. The Labute approximate surface area is 128 Å². The molecule has 2 aromatic rings. The number of aliphatic hydroxyl groups is 1. The summed E-state index contributed by atoms with van der Waals surface area (Å²) in [5.41, 5.74) is 0.869. The average Bonchev–Trinajstić information content (AvgIpc) is 2.94. The van der Waals surface area contributed by atoms with Crippen LogP contribution in [0.15, 0.2) is 41.8 Å². The smallest absolute Gasteiger partial charge is 0.0994 e. The topological polar surface area (TPSA) is 29.5 Å². The van der Waals surface area contributed by atoms with Gasteiger partial charge in [-0.3, -0.25) is 0 Å². The number of benzene rings is 1. The van der Waals surface area contributed by atoms with Crippen molar-refractivity contribution in [2.75, 3.05) is 13.2 Å². The quantitative estimate of drug-likeness (QED) is 0.921. The first-order chi connectivity index (χ1) is 9.74. The predicted molar refractivity (Wildman–Crippen MR) is 82.5 cm³/mol. The highest BCUT2D eigenvalue weighted by Gasteiger charge is 2.43. The molecule has 1 aliphatic heterocycles. The fraction of sp³-hybridized carbons (Fsp3) is 0.375. The third-order valence-electron chi connectivity index (χ3n) is 4.15. The normalized spacial score (nSPS) is 19.7. The second kappa shape index (κ2) is 5.86. The highest BCUT2D eigenvalue weighted by molar-refractivity contribution is 7.10. The molecule has 106 valence electrons. The van der Waals surface area contributed by atoms with E-state index in [4.69, 9.17) is 16.3 Å². The Bertz CT molecular complexity index is 561. The minimum Gasteiger partial charge on any atom is -0.387 e. The third-order valence-corrected chi connectivity index (χ3v) is 5.56. The monoisotopic (exact) mass is 308 g/mol. The van der Waals surface area contributed by atoms with Gasteiger partial charge in [-0.15, -0.1) is 11.3 Å². The van der Waals surface area contributed by atoms with Crippen LogP contribution in [0.4, 0.5) is 0 Å². The molecule has 2 heterocycles.